The molecule has 0 aliphatic heterocycles. The lowest BCUT2D eigenvalue weighted by Gasteiger charge is -2.10. The summed E-state index contributed by atoms with van der Waals surface area (Å²) < 4.78 is 0. The third-order valence-corrected chi connectivity index (χ3v) is 4.28. The van der Waals surface area contributed by atoms with Crippen molar-refractivity contribution >= 4 is 11.5 Å². The largest absolute Gasteiger partial charge is 0.508 e. The number of carbonyl (C=O) groups excluding carboxylic acids is 1. The van der Waals surface area contributed by atoms with E-state index in [1.807, 2.05) is 55.5 Å². The van der Waals surface area contributed by atoms with Crippen molar-refractivity contribution in [3.8, 4) is 5.75 Å². The van der Waals surface area contributed by atoms with Gasteiger partial charge in [0.25, 0.3) is 0 Å². The lowest BCUT2D eigenvalue weighted by Crippen LogP contribution is -2.24. The van der Waals surface area contributed by atoms with Gasteiger partial charge >= 0.3 is 0 Å². The number of carbonyl (C=O) groups is 1. The molecule has 0 saturated carbocycles. The Bertz CT molecular complexity index is 915. The van der Waals surface area contributed by atoms with Crippen LogP contribution in [0.2, 0.25) is 0 Å². The first-order chi connectivity index (χ1) is 13.1. The van der Waals surface area contributed by atoms with Gasteiger partial charge in [0.2, 0.25) is 5.91 Å². The SMILES string of the molecule is Cc1ccc(/C(=C/C(=O)NCCc2ccc(O)cc2)c2ccncc2)cc1. The highest BCUT2D eigenvalue weighted by Crippen LogP contribution is 2.23. The number of benzene rings is 2. The number of aryl methyl sites for hydroxylation is 1. The molecule has 1 aromatic heterocycles. The van der Waals surface area contributed by atoms with Crippen LogP contribution in [0.1, 0.15) is 22.3 Å². The second-order valence-corrected chi connectivity index (χ2v) is 6.37. The van der Waals surface area contributed by atoms with Gasteiger partial charge in [-0.15, -0.1) is 0 Å². The van der Waals surface area contributed by atoms with Crippen LogP contribution >= 0.6 is 0 Å². The molecule has 0 atom stereocenters. The molecular weight excluding hydrogens is 336 g/mol. The second-order valence-electron chi connectivity index (χ2n) is 6.37. The number of nitrogens with zero attached hydrogens (tertiary/aromatic N) is 1. The number of aromatic nitrogens is 1. The summed E-state index contributed by atoms with van der Waals surface area (Å²) in [5.74, 6) is 0.104. The van der Waals surface area contributed by atoms with Gasteiger partial charge in [-0.1, -0.05) is 42.0 Å². The van der Waals surface area contributed by atoms with Gasteiger partial charge in [-0.05, 0) is 59.9 Å². The Morgan fingerprint density at radius 3 is 2.26 bits per heavy atom. The summed E-state index contributed by atoms with van der Waals surface area (Å²) >= 11 is 0. The molecule has 3 aromatic rings. The Labute approximate surface area is 159 Å². The van der Waals surface area contributed by atoms with Gasteiger partial charge in [0.15, 0.2) is 0 Å². The first-order valence-electron chi connectivity index (χ1n) is 8.87. The Balaban J connectivity index is 1.73. The molecule has 0 aliphatic rings. The zero-order valence-corrected chi connectivity index (χ0v) is 15.2. The predicted octanol–water partition coefficient (Wildman–Crippen LogP) is 3.89. The minimum absolute atomic E-state index is 0.138. The van der Waals surface area contributed by atoms with Crippen LogP contribution in [-0.4, -0.2) is 22.5 Å². The maximum Gasteiger partial charge on any atom is 0.244 e. The van der Waals surface area contributed by atoms with Crippen molar-refractivity contribution in [3.63, 3.8) is 0 Å². The molecule has 1 heterocycles. The molecule has 0 radical (unpaired) electrons. The van der Waals surface area contributed by atoms with Gasteiger partial charge in [-0.2, -0.15) is 0 Å². The molecule has 0 saturated heterocycles. The highest BCUT2D eigenvalue weighted by Gasteiger charge is 2.08. The van der Waals surface area contributed by atoms with Gasteiger partial charge in [-0.25, -0.2) is 0 Å². The predicted molar refractivity (Wildman–Crippen MR) is 107 cm³/mol. The van der Waals surface area contributed by atoms with Crippen LogP contribution in [0.4, 0.5) is 0 Å². The number of amides is 1. The number of phenols is 1. The molecular formula is C23H22N2O2. The number of aromatic hydroxyl groups is 1. The fraction of sp³-hybridized carbons (Fsp3) is 0.130. The van der Waals surface area contributed by atoms with Crippen LogP contribution in [0.5, 0.6) is 5.75 Å². The Morgan fingerprint density at radius 1 is 0.963 bits per heavy atom. The first kappa shape index (κ1) is 18.4. The number of hydrogen-bond donors (Lipinski definition) is 2. The standard InChI is InChI=1S/C23H22N2O2/c1-17-2-6-19(7-3-17)22(20-11-13-24-14-12-20)16-23(27)25-15-10-18-4-8-21(26)9-5-18/h2-9,11-14,16,26H,10,15H2,1H3,(H,25,27)/b22-16-. The van der Waals surface area contributed by atoms with E-state index in [1.54, 1.807) is 30.6 Å². The molecule has 2 aromatic carbocycles. The summed E-state index contributed by atoms with van der Waals surface area (Å²) in [5.41, 5.74) is 5.03. The monoisotopic (exact) mass is 358 g/mol. The summed E-state index contributed by atoms with van der Waals surface area (Å²) in [6.45, 7) is 2.56. The lowest BCUT2D eigenvalue weighted by atomic mass is 9.97. The van der Waals surface area contributed by atoms with E-state index in [0.717, 1.165) is 22.3 Å². The summed E-state index contributed by atoms with van der Waals surface area (Å²) in [7, 11) is 0. The van der Waals surface area contributed by atoms with Gasteiger partial charge < -0.3 is 10.4 Å². The van der Waals surface area contributed by atoms with Crippen LogP contribution in [0.3, 0.4) is 0 Å². The van der Waals surface area contributed by atoms with E-state index in [-0.39, 0.29) is 11.7 Å². The molecule has 0 unspecified atom stereocenters. The number of pyridine rings is 1. The summed E-state index contributed by atoms with van der Waals surface area (Å²) in [5, 5.41) is 12.3. The minimum atomic E-state index is -0.138. The van der Waals surface area contributed by atoms with Crippen molar-refractivity contribution in [2.75, 3.05) is 6.54 Å². The summed E-state index contributed by atoms with van der Waals surface area (Å²) in [6, 6.07) is 18.9. The average Bonchev–Trinajstić information content (AvgIpc) is 2.69. The quantitative estimate of drug-likeness (QED) is 0.657. The van der Waals surface area contributed by atoms with E-state index in [2.05, 4.69) is 10.3 Å². The van der Waals surface area contributed by atoms with E-state index in [9.17, 15) is 9.90 Å². The fourth-order valence-corrected chi connectivity index (χ4v) is 2.77. The van der Waals surface area contributed by atoms with Crippen molar-refractivity contribution in [3.05, 3.63) is 101 Å². The Morgan fingerprint density at radius 2 is 1.59 bits per heavy atom. The molecule has 4 nitrogen and oxygen atoms in total. The van der Waals surface area contributed by atoms with Gasteiger partial charge in [0.05, 0.1) is 0 Å². The first-order valence-corrected chi connectivity index (χ1v) is 8.87. The van der Waals surface area contributed by atoms with E-state index >= 15 is 0 Å². The van der Waals surface area contributed by atoms with Crippen molar-refractivity contribution in [1.29, 1.82) is 0 Å². The van der Waals surface area contributed by atoms with Crippen LogP contribution in [0.25, 0.3) is 5.57 Å². The van der Waals surface area contributed by atoms with E-state index in [4.69, 9.17) is 0 Å². The number of phenolic OH excluding ortho intramolecular Hbond substituents is 1. The van der Waals surface area contributed by atoms with Crippen LogP contribution in [0, 0.1) is 6.92 Å². The third-order valence-electron chi connectivity index (χ3n) is 4.28. The molecule has 0 aliphatic carbocycles. The van der Waals surface area contributed by atoms with E-state index < -0.39 is 0 Å². The van der Waals surface area contributed by atoms with Gasteiger partial charge in [0.1, 0.15) is 5.75 Å². The van der Waals surface area contributed by atoms with E-state index in [0.29, 0.717) is 13.0 Å². The molecule has 2 N–H and O–H groups in total. The number of rotatable bonds is 6. The van der Waals surface area contributed by atoms with Crippen LogP contribution < -0.4 is 5.32 Å². The normalized spacial score (nSPS) is 11.2. The molecule has 136 valence electrons. The van der Waals surface area contributed by atoms with Crippen molar-refractivity contribution in [2.24, 2.45) is 0 Å². The zero-order chi connectivity index (χ0) is 19.1. The molecule has 0 bridgehead atoms. The lowest BCUT2D eigenvalue weighted by molar-refractivity contribution is -0.116. The summed E-state index contributed by atoms with van der Waals surface area (Å²) in [6.07, 6.45) is 5.78. The highest BCUT2D eigenvalue weighted by atomic mass is 16.3. The maximum atomic E-state index is 12.5. The summed E-state index contributed by atoms with van der Waals surface area (Å²) in [4.78, 5) is 16.5. The zero-order valence-electron chi connectivity index (χ0n) is 15.2. The highest BCUT2D eigenvalue weighted by molar-refractivity contribution is 5.99. The Hall–Kier alpha value is -3.40. The number of nitrogens with one attached hydrogen (secondary N) is 1. The van der Waals surface area contributed by atoms with Crippen molar-refractivity contribution < 1.29 is 9.90 Å². The van der Waals surface area contributed by atoms with Crippen LogP contribution in [0.15, 0.2) is 79.1 Å². The second kappa shape index (κ2) is 8.81. The van der Waals surface area contributed by atoms with Crippen LogP contribution in [-0.2, 0) is 11.2 Å². The fourth-order valence-electron chi connectivity index (χ4n) is 2.77. The van der Waals surface area contributed by atoms with Crippen molar-refractivity contribution in [2.45, 2.75) is 13.3 Å². The van der Waals surface area contributed by atoms with Gasteiger partial charge in [-0.3, -0.25) is 9.78 Å². The molecule has 0 fully saturated rings. The topological polar surface area (TPSA) is 62.2 Å². The van der Waals surface area contributed by atoms with Crippen molar-refractivity contribution in [1.82, 2.24) is 10.3 Å². The average molecular weight is 358 g/mol. The third kappa shape index (κ3) is 5.28. The maximum absolute atomic E-state index is 12.5. The molecule has 0 spiro atoms. The molecule has 1 amide bonds. The molecule has 27 heavy (non-hydrogen) atoms. The molecule has 4 heteroatoms. The number of hydrogen-bond acceptors (Lipinski definition) is 3. The molecule has 3 rings (SSSR count). The van der Waals surface area contributed by atoms with Gasteiger partial charge in [0, 0.05) is 25.0 Å². The van der Waals surface area contributed by atoms with E-state index in [1.165, 1.54) is 5.56 Å². The Kier molecular flexibility index (Phi) is 6.00. The minimum Gasteiger partial charge on any atom is -0.508 e. The smallest absolute Gasteiger partial charge is 0.244 e.